The van der Waals surface area contributed by atoms with Crippen LogP contribution in [0, 0.1) is 11.7 Å². The number of ketones is 1. The number of imidazole rings is 1. The summed E-state index contributed by atoms with van der Waals surface area (Å²) in [5.74, 6) is -0.0443. The highest BCUT2D eigenvalue weighted by Crippen LogP contribution is 2.21. The third kappa shape index (κ3) is 4.12. The first-order chi connectivity index (χ1) is 12.5. The molecule has 1 aliphatic rings. The van der Waals surface area contributed by atoms with Gasteiger partial charge in [-0.25, -0.2) is 9.37 Å². The van der Waals surface area contributed by atoms with Gasteiger partial charge in [0.25, 0.3) is 6.01 Å². The molecular weight excluding hydrogens is 333 g/mol. The average Bonchev–Trinajstić information content (AvgIpc) is 3.01. The average molecular weight is 359 g/mol. The quantitative estimate of drug-likeness (QED) is 0.743. The van der Waals surface area contributed by atoms with Gasteiger partial charge in [0, 0.05) is 18.7 Å². The molecular formula is C20H26FN3O2. The monoisotopic (exact) mass is 359 g/mol. The van der Waals surface area contributed by atoms with E-state index in [4.69, 9.17) is 4.74 Å². The Morgan fingerprint density at radius 3 is 2.54 bits per heavy atom. The Labute approximate surface area is 153 Å². The summed E-state index contributed by atoms with van der Waals surface area (Å²) < 4.78 is 20.6. The van der Waals surface area contributed by atoms with E-state index < -0.39 is 0 Å². The fraction of sp³-hybridized carbons (Fsp3) is 0.500. The Balaban J connectivity index is 1.59. The minimum Gasteiger partial charge on any atom is -0.464 e. The Morgan fingerprint density at radius 1 is 1.27 bits per heavy atom. The van der Waals surface area contributed by atoms with E-state index >= 15 is 0 Å². The van der Waals surface area contributed by atoms with Gasteiger partial charge in [0.1, 0.15) is 11.5 Å². The minimum absolute atomic E-state index is 0.194. The van der Waals surface area contributed by atoms with E-state index in [1.165, 1.54) is 30.5 Å². The van der Waals surface area contributed by atoms with Gasteiger partial charge in [0.05, 0.1) is 12.8 Å². The molecule has 0 spiro atoms. The van der Waals surface area contributed by atoms with Gasteiger partial charge in [-0.1, -0.05) is 0 Å². The maximum absolute atomic E-state index is 13.0. The van der Waals surface area contributed by atoms with Crippen LogP contribution in [0.3, 0.4) is 0 Å². The van der Waals surface area contributed by atoms with Gasteiger partial charge >= 0.3 is 0 Å². The molecule has 0 bridgehead atoms. The topological polar surface area (TPSA) is 47.4 Å². The van der Waals surface area contributed by atoms with E-state index in [0.717, 1.165) is 25.9 Å². The zero-order valence-corrected chi connectivity index (χ0v) is 15.6. The highest BCUT2D eigenvalue weighted by molar-refractivity contribution is 6.07. The summed E-state index contributed by atoms with van der Waals surface area (Å²) in [6, 6.07) is 6.56. The summed E-state index contributed by atoms with van der Waals surface area (Å²) in [6.45, 7) is 7.26. The molecule has 3 rings (SSSR count). The molecule has 6 heteroatoms. The number of aromatic nitrogens is 2. The van der Waals surface area contributed by atoms with Crippen LogP contribution in [0.25, 0.3) is 0 Å². The first kappa shape index (κ1) is 18.6. The second kappa shape index (κ2) is 7.99. The zero-order valence-electron chi connectivity index (χ0n) is 15.6. The number of carbonyl (C=O) groups excluding carboxylic acids is 1. The van der Waals surface area contributed by atoms with Crippen molar-refractivity contribution >= 4 is 5.78 Å². The number of ether oxygens (including phenoxy) is 1. The first-order valence-electron chi connectivity index (χ1n) is 9.14. The molecule has 0 saturated carbocycles. The maximum atomic E-state index is 13.0. The zero-order chi connectivity index (χ0) is 18.7. The van der Waals surface area contributed by atoms with Crippen molar-refractivity contribution in [2.45, 2.75) is 32.7 Å². The molecule has 0 unspecified atom stereocenters. The van der Waals surface area contributed by atoms with Gasteiger partial charge < -0.3 is 9.64 Å². The molecule has 1 aromatic carbocycles. The molecule has 140 valence electrons. The molecule has 1 fully saturated rings. The van der Waals surface area contributed by atoms with Crippen molar-refractivity contribution in [3.63, 3.8) is 0 Å². The summed E-state index contributed by atoms with van der Waals surface area (Å²) in [5, 5.41) is 0. The molecule has 5 nitrogen and oxygen atoms in total. The van der Waals surface area contributed by atoms with Crippen LogP contribution in [0.15, 0.2) is 30.5 Å². The molecule has 1 aromatic heterocycles. The first-order valence-corrected chi connectivity index (χ1v) is 9.14. The van der Waals surface area contributed by atoms with Crippen LogP contribution in [0.4, 0.5) is 4.39 Å². The predicted octanol–water partition coefficient (Wildman–Crippen LogP) is 3.29. The Kier molecular flexibility index (Phi) is 5.71. The number of carbonyl (C=O) groups is 1. The minimum atomic E-state index is -0.362. The molecule has 26 heavy (non-hydrogen) atoms. The number of piperidine rings is 1. The number of nitrogens with zero attached hydrogens (tertiary/aromatic N) is 3. The lowest BCUT2D eigenvalue weighted by Crippen LogP contribution is -2.39. The molecule has 0 amide bonds. The van der Waals surface area contributed by atoms with Crippen LogP contribution in [-0.2, 0) is 7.05 Å². The third-order valence-corrected chi connectivity index (χ3v) is 5.11. The number of hydrogen-bond acceptors (Lipinski definition) is 4. The van der Waals surface area contributed by atoms with Gasteiger partial charge in [-0.15, -0.1) is 0 Å². The van der Waals surface area contributed by atoms with Gasteiger partial charge in [-0.2, -0.15) is 0 Å². The van der Waals surface area contributed by atoms with Crippen molar-refractivity contribution in [2.24, 2.45) is 13.0 Å². The lowest BCUT2D eigenvalue weighted by molar-refractivity contribution is 0.102. The van der Waals surface area contributed by atoms with Crippen LogP contribution in [0.5, 0.6) is 6.01 Å². The van der Waals surface area contributed by atoms with E-state index in [9.17, 15) is 9.18 Å². The normalized spacial score (nSPS) is 16.2. The van der Waals surface area contributed by atoms with Crippen molar-refractivity contribution in [1.29, 1.82) is 0 Å². The standard InChI is InChI=1S/C20H26FN3O2/c1-14(2)24-10-8-15(9-11-24)13-26-20-22-12-18(23(20)3)19(25)16-4-6-17(21)7-5-16/h4-7,12,14-15H,8-11,13H2,1-3H3. The third-order valence-electron chi connectivity index (χ3n) is 5.11. The molecule has 1 saturated heterocycles. The van der Waals surface area contributed by atoms with Gasteiger partial charge in [-0.3, -0.25) is 9.36 Å². The smallest absolute Gasteiger partial charge is 0.296 e. The van der Waals surface area contributed by atoms with E-state index in [1.54, 1.807) is 11.6 Å². The number of halogens is 1. The second-order valence-corrected chi connectivity index (χ2v) is 7.21. The second-order valence-electron chi connectivity index (χ2n) is 7.21. The van der Waals surface area contributed by atoms with Crippen molar-refractivity contribution in [3.05, 3.63) is 47.5 Å². The van der Waals surface area contributed by atoms with Crippen molar-refractivity contribution in [2.75, 3.05) is 19.7 Å². The molecule has 0 atom stereocenters. The summed E-state index contributed by atoms with van der Waals surface area (Å²) in [6.07, 6.45) is 3.75. The number of likely N-dealkylation sites (tertiary alicyclic amines) is 1. The summed E-state index contributed by atoms with van der Waals surface area (Å²) in [5.41, 5.74) is 0.864. The van der Waals surface area contributed by atoms with E-state index in [1.807, 2.05) is 0 Å². The number of rotatable bonds is 6. The van der Waals surface area contributed by atoms with Gasteiger partial charge in [0.15, 0.2) is 0 Å². The Morgan fingerprint density at radius 2 is 1.92 bits per heavy atom. The molecule has 0 aliphatic carbocycles. The number of benzene rings is 1. The van der Waals surface area contributed by atoms with E-state index in [0.29, 0.717) is 35.8 Å². The highest BCUT2D eigenvalue weighted by Gasteiger charge is 2.22. The summed E-state index contributed by atoms with van der Waals surface area (Å²) in [4.78, 5) is 19.3. The van der Waals surface area contributed by atoms with E-state index in [-0.39, 0.29) is 11.6 Å². The summed E-state index contributed by atoms with van der Waals surface area (Å²) in [7, 11) is 1.76. The largest absolute Gasteiger partial charge is 0.464 e. The lowest BCUT2D eigenvalue weighted by Gasteiger charge is -2.34. The molecule has 2 aromatic rings. The molecule has 0 radical (unpaired) electrons. The molecule has 1 aliphatic heterocycles. The highest BCUT2D eigenvalue weighted by atomic mass is 19.1. The van der Waals surface area contributed by atoms with Crippen LogP contribution >= 0.6 is 0 Å². The van der Waals surface area contributed by atoms with Crippen molar-refractivity contribution < 1.29 is 13.9 Å². The maximum Gasteiger partial charge on any atom is 0.296 e. The SMILES string of the molecule is CC(C)N1CCC(COc2ncc(C(=O)c3ccc(F)cc3)n2C)CC1. The van der Waals surface area contributed by atoms with Crippen LogP contribution < -0.4 is 4.74 Å². The predicted molar refractivity (Wildman–Crippen MR) is 98.0 cm³/mol. The lowest BCUT2D eigenvalue weighted by atomic mass is 9.97. The van der Waals surface area contributed by atoms with Gasteiger partial charge in [-0.05, 0) is 70.0 Å². The van der Waals surface area contributed by atoms with Gasteiger partial charge in [0.2, 0.25) is 5.78 Å². The van der Waals surface area contributed by atoms with E-state index in [2.05, 4.69) is 23.7 Å². The Hall–Kier alpha value is -2.21. The van der Waals surface area contributed by atoms with Crippen LogP contribution in [0.2, 0.25) is 0 Å². The van der Waals surface area contributed by atoms with Crippen LogP contribution in [-0.4, -0.2) is 46.0 Å². The molecule has 2 heterocycles. The number of hydrogen-bond donors (Lipinski definition) is 0. The fourth-order valence-corrected chi connectivity index (χ4v) is 3.32. The Bertz CT molecular complexity index is 747. The van der Waals surface area contributed by atoms with Crippen molar-refractivity contribution in [3.8, 4) is 6.01 Å². The van der Waals surface area contributed by atoms with Crippen molar-refractivity contribution in [1.82, 2.24) is 14.5 Å². The molecule has 0 N–H and O–H groups in total. The van der Waals surface area contributed by atoms with Crippen LogP contribution in [0.1, 0.15) is 42.7 Å². The fourth-order valence-electron chi connectivity index (χ4n) is 3.32. The summed E-state index contributed by atoms with van der Waals surface area (Å²) >= 11 is 0.